The molecule has 0 rings (SSSR count). The van der Waals surface area contributed by atoms with Crippen LogP contribution in [0.1, 0.15) is 41.5 Å². The highest BCUT2D eigenvalue weighted by atomic mass is 31.2. The fourth-order valence-corrected chi connectivity index (χ4v) is 1.50. The van der Waals surface area contributed by atoms with Gasteiger partial charge in [-0.1, -0.05) is 0 Å². The van der Waals surface area contributed by atoms with E-state index in [0.29, 0.717) is 0 Å². The van der Waals surface area contributed by atoms with Crippen LogP contribution in [0.15, 0.2) is 0 Å². The summed E-state index contributed by atoms with van der Waals surface area (Å²) in [7, 11) is -3.86. The Bertz CT molecular complexity index is 306. The zero-order chi connectivity index (χ0) is 13.9. The summed E-state index contributed by atoms with van der Waals surface area (Å²) in [5, 5.41) is -0.938. The minimum Gasteiger partial charge on any atom is -0.432 e. The van der Waals surface area contributed by atoms with Crippen LogP contribution in [0.5, 0.6) is 0 Å². The first-order valence-corrected chi connectivity index (χ1v) is 6.92. The quantitative estimate of drug-likeness (QED) is 0.479. The molecule has 0 aromatic carbocycles. The largest absolute Gasteiger partial charge is 0.510 e. The number of hydrogen-bond donors (Lipinski definition) is 1. The van der Waals surface area contributed by atoms with Crippen LogP contribution in [0.25, 0.3) is 0 Å². The summed E-state index contributed by atoms with van der Waals surface area (Å²) in [6, 6.07) is 0. The second-order valence-corrected chi connectivity index (χ2v) is 7.49. The van der Waals surface area contributed by atoms with Crippen LogP contribution in [0.4, 0.5) is 4.79 Å². The Labute approximate surface area is 102 Å². The van der Waals surface area contributed by atoms with Crippen molar-refractivity contribution in [3.8, 4) is 0 Å². The maximum Gasteiger partial charge on any atom is 0.510 e. The Hall–Kier alpha value is -0.580. The summed E-state index contributed by atoms with van der Waals surface area (Å²) in [6.07, 6.45) is -2.39. The van der Waals surface area contributed by atoms with Crippen molar-refractivity contribution in [1.29, 1.82) is 0 Å². The predicted molar refractivity (Wildman–Crippen MR) is 62.8 cm³/mol. The minimum atomic E-state index is -3.86. The van der Waals surface area contributed by atoms with E-state index < -0.39 is 25.2 Å². The van der Waals surface area contributed by atoms with Gasteiger partial charge in [0.15, 0.2) is 0 Å². The highest BCUT2D eigenvalue weighted by Crippen LogP contribution is 2.55. The van der Waals surface area contributed by atoms with E-state index in [4.69, 9.17) is 9.26 Å². The van der Waals surface area contributed by atoms with Crippen LogP contribution in [0.3, 0.4) is 0 Å². The second kappa shape index (κ2) is 5.85. The van der Waals surface area contributed by atoms with Gasteiger partial charge in [-0.25, -0.2) is 4.79 Å². The van der Waals surface area contributed by atoms with E-state index in [-0.39, 0.29) is 6.10 Å². The number of carbonyl (C=O) groups excluding carboxylic acids is 1. The van der Waals surface area contributed by atoms with Gasteiger partial charge in [-0.05, 0) is 41.5 Å². The molecular formula is C10H21O6P. The van der Waals surface area contributed by atoms with E-state index in [0.717, 1.165) is 0 Å². The Morgan fingerprint density at radius 3 is 2.00 bits per heavy atom. The highest BCUT2D eigenvalue weighted by molar-refractivity contribution is 7.54. The summed E-state index contributed by atoms with van der Waals surface area (Å²) in [4.78, 5) is 20.7. The van der Waals surface area contributed by atoms with Crippen LogP contribution < -0.4 is 0 Å². The average molecular weight is 268 g/mol. The summed E-state index contributed by atoms with van der Waals surface area (Å²) in [6.45, 7) is 9.38. The fourth-order valence-electron chi connectivity index (χ4n) is 0.737. The maximum absolute atomic E-state index is 11.8. The zero-order valence-electron chi connectivity index (χ0n) is 11.1. The third-order valence-electron chi connectivity index (χ3n) is 1.73. The Morgan fingerprint density at radius 2 is 1.65 bits per heavy atom. The number of hydrogen-bond acceptors (Lipinski definition) is 5. The number of carbonyl (C=O) groups is 1. The standard InChI is InChI=1S/C10H21O6P/c1-7(2)14-9(11)15-8(3)16-17(12,13)10(4,5)6/h7-8H,1-6H3,(H,12,13). The van der Waals surface area contributed by atoms with E-state index in [1.165, 1.54) is 6.92 Å². The van der Waals surface area contributed by atoms with Crippen molar-refractivity contribution in [1.82, 2.24) is 0 Å². The lowest BCUT2D eigenvalue weighted by Gasteiger charge is -2.27. The van der Waals surface area contributed by atoms with Crippen LogP contribution in [0.2, 0.25) is 0 Å². The molecule has 0 amide bonds. The van der Waals surface area contributed by atoms with E-state index in [9.17, 15) is 14.3 Å². The van der Waals surface area contributed by atoms with E-state index in [1.807, 2.05) is 0 Å². The molecular weight excluding hydrogens is 247 g/mol. The monoisotopic (exact) mass is 268 g/mol. The molecule has 0 aliphatic heterocycles. The molecule has 17 heavy (non-hydrogen) atoms. The normalized spacial score (nSPS) is 17.4. The second-order valence-electron chi connectivity index (χ2n) is 4.90. The van der Waals surface area contributed by atoms with Gasteiger partial charge in [-0.3, -0.25) is 9.09 Å². The van der Waals surface area contributed by atoms with E-state index in [1.54, 1.807) is 34.6 Å². The van der Waals surface area contributed by atoms with Crippen molar-refractivity contribution >= 4 is 13.8 Å². The molecule has 0 aromatic heterocycles. The lowest BCUT2D eigenvalue weighted by molar-refractivity contribution is -0.0655. The highest BCUT2D eigenvalue weighted by Gasteiger charge is 2.38. The Balaban J connectivity index is 4.33. The summed E-state index contributed by atoms with van der Waals surface area (Å²) in [5.74, 6) is 0. The van der Waals surface area contributed by atoms with Crippen LogP contribution in [0, 0.1) is 0 Å². The van der Waals surface area contributed by atoms with Crippen LogP contribution in [-0.2, 0) is 18.6 Å². The van der Waals surface area contributed by atoms with Gasteiger partial charge in [0.05, 0.1) is 11.3 Å². The van der Waals surface area contributed by atoms with E-state index >= 15 is 0 Å². The van der Waals surface area contributed by atoms with Crippen LogP contribution >= 0.6 is 7.60 Å². The van der Waals surface area contributed by atoms with Gasteiger partial charge in [0, 0.05) is 0 Å². The number of ether oxygens (including phenoxy) is 2. The summed E-state index contributed by atoms with van der Waals surface area (Å²) >= 11 is 0. The maximum atomic E-state index is 11.8. The van der Waals surface area contributed by atoms with E-state index in [2.05, 4.69) is 4.74 Å². The Morgan fingerprint density at radius 1 is 1.18 bits per heavy atom. The molecule has 0 fully saturated rings. The molecule has 6 nitrogen and oxygen atoms in total. The first-order chi connectivity index (χ1) is 7.45. The van der Waals surface area contributed by atoms with Gasteiger partial charge in [0.2, 0.25) is 6.29 Å². The first kappa shape index (κ1) is 16.4. The SMILES string of the molecule is CC(C)OC(=O)OC(C)OP(=O)(O)C(C)(C)C. The molecule has 7 heteroatoms. The molecule has 0 saturated heterocycles. The van der Waals surface area contributed by atoms with Gasteiger partial charge in [-0.15, -0.1) is 0 Å². The lowest BCUT2D eigenvalue weighted by Crippen LogP contribution is -2.24. The molecule has 0 bridgehead atoms. The average Bonchev–Trinajstić information content (AvgIpc) is 1.96. The van der Waals surface area contributed by atoms with Gasteiger partial charge in [-0.2, -0.15) is 0 Å². The topological polar surface area (TPSA) is 82.1 Å². The van der Waals surface area contributed by atoms with Crippen molar-refractivity contribution in [2.45, 2.75) is 59.1 Å². The molecule has 102 valence electrons. The smallest absolute Gasteiger partial charge is 0.432 e. The summed E-state index contributed by atoms with van der Waals surface area (Å²) in [5.41, 5.74) is 0. The molecule has 0 heterocycles. The molecule has 0 spiro atoms. The van der Waals surface area contributed by atoms with Gasteiger partial charge in [0.1, 0.15) is 0 Å². The molecule has 2 unspecified atom stereocenters. The molecule has 0 saturated carbocycles. The predicted octanol–water partition coefficient (Wildman–Crippen LogP) is 2.89. The van der Waals surface area contributed by atoms with Crippen molar-refractivity contribution in [3.05, 3.63) is 0 Å². The molecule has 1 N–H and O–H groups in total. The van der Waals surface area contributed by atoms with Gasteiger partial charge in [0.25, 0.3) is 0 Å². The third-order valence-corrected chi connectivity index (χ3v) is 4.01. The van der Waals surface area contributed by atoms with Crippen molar-refractivity contribution in [2.75, 3.05) is 0 Å². The lowest BCUT2D eigenvalue weighted by atomic mass is 10.3. The molecule has 0 radical (unpaired) electrons. The summed E-state index contributed by atoms with van der Waals surface area (Å²) < 4.78 is 26.0. The zero-order valence-corrected chi connectivity index (χ0v) is 12.0. The fraction of sp³-hybridized carbons (Fsp3) is 0.900. The van der Waals surface area contributed by atoms with Gasteiger partial charge >= 0.3 is 13.8 Å². The molecule has 2 atom stereocenters. The molecule has 0 aliphatic carbocycles. The first-order valence-electron chi connectivity index (χ1n) is 5.34. The van der Waals surface area contributed by atoms with Crippen molar-refractivity contribution in [3.63, 3.8) is 0 Å². The minimum absolute atomic E-state index is 0.321. The van der Waals surface area contributed by atoms with Crippen LogP contribution in [-0.4, -0.2) is 28.6 Å². The van der Waals surface area contributed by atoms with Gasteiger partial charge < -0.3 is 14.4 Å². The van der Waals surface area contributed by atoms with Crippen molar-refractivity contribution in [2.24, 2.45) is 0 Å². The number of rotatable bonds is 4. The molecule has 0 aliphatic rings. The van der Waals surface area contributed by atoms with Crippen molar-refractivity contribution < 1.29 is 28.3 Å². The third kappa shape index (κ3) is 6.05. The Kier molecular flexibility index (Phi) is 5.65. The molecule has 0 aromatic rings.